The second-order valence-electron chi connectivity index (χ2n) is 12.1. The van der Waals surface area contributed by atoms with Crippen LogP contribution in [0.2, 0.25) is 5.02 Å². The molecule has 0 spiro atoms. The lowest BCUT2D eigenvalue weighted by molar-refractivity contribution is -0.138. The minimum Gasteiger partial charge on any atom is -0.443 e. The van der Waals surface area contributed by atoms with Crippen LogP contribution in [0.1, 0.15) is 59.9 Å². The Hall–Kier alpha value is -3.39. The number of amides is 2. The van der Waals surface area contributed by atoms with Crippen molar-refractivity contribution < 1.29 is 33.0 Å². The predicted molar refractivity (Wildman–Crippen MR) is 151 cm³/mol. The highest BCUT2D eigenvalue weighted by molar-refractivity contribution is 6.30. The zero-order valence-corrected chi connectivity index (χ0v) is 24.6. The van der Waals surface area contributed by atoms with E-state index in [1.165, 1.54) is 12.1 Å². The van der Waals surface area contributed by atoms with E-state index in [1.807, 2.05) is 12.1 Å². The fraction of sp³-hybridized carbons (Fsp3) is 0.452. The molecule has 2 amide bonds. The molecule has 0 radical (unpaired) electrons. The van der Waals surface area contributed by atoms with Gasteiger partial charge < -0.3 is 14.2 Å². The molecule has 0 N–H and O–H groups in total. The number of likely N-dealkylation sites (tertiary alicyclic amines) is 1. The molecule has 1 fully saturated rings. The SMILES string of the molecule is C=CCC1(COC(=O)OC(C)(C)C)CC(Cc2ccc(-c3cc(Cl)ccc3F)cc2)N(C(=O)OC(C)(C)C)C1=O. The summed E-state index contributed by atoms with van der Waals surface area (Å²) in [6, 6.07) is 10.9. The zero-order chi connectivity index (χ0) is 29.9. The Balaban J connectivity index is 1.90. The number of benzene rings is 2. The number of nitrogens with zero attached hydrogens (tertiary/aromatic N) is 1. The lowest BCUT2D eigenvalue weighted by Crippen LogP contribution is -2.45. The minimum atomic E-state index is -1.22. The average Bonchev–Trinajstić information content (AvgIpc) is 3.09. The van der Waals surface area contributed by atoms with Crippen molar-refractivity contribution in [2.75, 3.05) is 6.61 Å². The van der Waals surface area contributed by atoms with Crippen LogP contribution >= 0.6 is 11.6 Å². The third-order valence-corrected chi connectivity index (χ3v) is 6.54. The summed E-state index contributed by atoms with van der Waals surface area (Å²) < 4.78 is 30.6. The summed E-state index contributed by atoms with van der Waals surface area (Å²) in [5.74, 6) is -0.901. The number of halogens is 2. The quantitative estimate of drug-likeness (QED) is 0.249. The molecule has 9 heteroatoms. The number of allylic oxidation sites excluding steroid dienone is 1. The first-order chi connectivity index (χ1) is 18.5. The van der Waals surface area contributed by atoms with Gasteiger partial charge >= 0.3 is 12.2 Å². The third kappa shape index (κ3) is 7.84. The molecule has 2 unspecified atom stereocenters. The van der Waals surface area contributed by atoms with Crippen LogP contribution in [-0.2, 0) is 25.4 Å². The van der Waals surface area contributed by atoms with Crippen molar-refractivity contribution in [3.8, 4) is 11.1 Å². The zero-order valence-electron chi connectivity index (χ0n) is 23.9. The largest absolute Gasteiger partial charge is 0.508 e. The van der Waals surface area contributed by atoms with Crippen LogP contribution < -0.4 is 0 Å². The summed E-state index contributed by atoms with van der Waals surface area (Å²) in [6.07, 6.45) is 0.597. The van der Waals surface area contributed by atoms with Gasteiger partial charge in [-0.25, -0.2) is 18.9 Å². The fourth-order valence-corrected chi connectivity index (χ4v) is 4.84. The smallest absolute Gasteiger partial charge is 0.443 e. The van der Waals surface area contributed by atoms with Gasteiger partial charge in [0, 0.05) is 16.6 Å². The van der Waals surface area contributed by atoms with Gasteiger partial charge in [-0.15, -0.1) is 6.58 Å². The lowest BCUT2D eigenvalue weighted by Gasteiger charge is -2.28. The first-order valence-corrected chi connectivity index (χ1v) is 13.5. The fourth-order valence-electron chi connectivity index (χ4n) is 4.67. The third-order valence-electron chi connectivity index (χ3n) is 6.31. The van der Waals surface area contributed by atoms with E-state index in [-0.39, 0.29) is 19.4 Å². The monoisotopic (exact) mass is 573 g/mol. The van der Waals surface area contributed by atoms with Gasteiger partial charge in [-0.2, -0.15) is 0 Å². The highest BCUT2D eigenvalue weighted by Gasteiger charge is 2.55. The van der Waals surface area contributed by atoms with Crippen LogP contribution in [-0.4, -0.2) is 46.9 Å². The maximum absolute atomic E-state index is 14.4. The van der Waals surface area contributed by atoms with Crippen molar-refractivity contribution >= 4 is 29.8 Å². The number of carbonyl (C=O) groups is 3. The Morgan fingerprint density at radius 1 is 1.07 bits per heavy atom. The molecule has 0 aliphatic carbocycles. The van der Waals surface area contributed by atoms with Gasteiger partial charge in [-0.1, -0.05) is 41.9 Å². The van der Waals surface area contributed by atoms with E-state index in [9.17, 15) is 18.8 Å². The van der Waals surface area contributed by atoms with E-state index in [1.54, 1.807) is 65.8 Å². The Bertz CT molecular complexity index is 1260. The Morgan fingerprint density at radius 2 is 1.70 bits per heavy atom. The molecular weight excluding hydrogens is 537 g/mol. The van der Waals surface area contributed by atoms with E-state index in [0.717, 1.165) is 10.5 Å². The molecule has 0 bridgehead atoms. The number of hydrogen-bond acceptors (Lipinski definition) is 6. The number of ether oxygens (including phenoxy) is 3. The maximum atomic E-state index is 14.4. The standard InChI is InChI=1S/C31H37ClFNO6/c1-8-15-31(19-38-28(37)40-30(5,6)7)18-23(34(26(31)35)27(36)39-29(2,3)4)16-20-9-11-21(12-10-20)24-17-22(32)13-14-25(24)33/h8-14,17,23H,1,15-16,18-19H2,2-7H3. The van der Waals surface area contributed by atoms with Crippen molar-refractivity contribution in [1.29, 1.82) is 0 Å². The first kappa shape index (κ1) is 31.1. The molecular formula is C31H37ClFNO6. The second-order valence-corrected chi connectivity index (χ2v) is 12.5. The molecule has 216 valence electrons. The molecule has 1 saturated heterocycles. The predicted octanol–water partition coefficient (Wildman–Crippen LogP) is 7.74. The van der Waals surface area contributed by atoms with Gasteiger partial charge in [-0.3, -0.25) is 4.79 Å². The Morgan fingerprint density at radius 3 is 2.27 bits per heavy atom. The lowest BCUT2D eigenvalue weighted by atomic mass is 9.81. The van der Waals surface area contributed by atoms with Crippen molar-refractivity contribution in [2.24, 2.45) is 5.41 Å². The number of imide groups is 1. The maximum Gasteiger partial charge on any atom is 0.508 e. The summed E-state index contributed by atoms with van der Waals surface area (Å²) in [5.41, 5.74) is -0.990. The summed E-state index contributed by atoms with van der Waals surface area (Å²) >= 11 is 6.05. The van der Waals surface area contributed by atoms with Crippen LogP contribution in [0.15, 0.2) is 55.1 Å². The molecule has 1 aliphatic heterocycles. The van der Waals surface area contributed by atoms with E-state index in [0.29, 0.717) is 22.6 Å². The van der Waals surface area contributed by atoms with E-state index in [2.05, 4.69) is 6.58 Å². The van der Waals surface area contributed by atoms with Crippen molar-refractivity contribution in [2.45, 2.75) is 78.0 Å². The molecule has 1 heterocycles. The molecule has 1 aliphatic rings. The molecule has 7 nitrogen and oxygen atoms in total. The topological polar surface area (TPSA) is 82.1 Å². The summed E-state index contributed by atoms with van der Waals surface area (Å²) in [6.45, 7) is 13.8. The van der Waals surface area contributed by atoms with E-state index >= 15 is 0 Å². The number of rotatable bonds is 7. The van der Waals surface area contributed by atoms with Crippen LogP contribution in [0.25, 0.3) is 11.1 Å². The van der Waals surface area contributed by atoms with Crippen molar-refractivity contribution in [3.63, 3.8) is 0 Å². The highest BCUT2D eigenvalue weighted by Crippen LogP contribution is 2.42. The molecule has 40 heavy (non-hydrogen) atoms. The van der Waals surface area contributed by atoms with Crippen LogP contribution in [0, 0.1) is 11.2 Å². The molecule has 2 aromatic rings. The van der Waals surface area contributed by atoms with E-state index < -0.39 is 46.6 Å². The van der Waals surface area contributed by atoms with Gasteiger partial charge in [-0.05, 0) is 90.1 Å². The van der Waals surface area contributed by atoms with Gasteiger partial charge in [0.1, 0.15) is 23.6 Å². The summed E-state index contributed by atoms with van der Waals surface area (Å²) in [5, 5.41) is 0.421. The number of hydrogen-bond donors (Lipinski definition) is 0. The normalized spacial score (nSPS) is 19.4. The number of carbonyl (C=O) groups excluding carboxylic acids is 3. The first-order valence-electron chi connectivity index (χ1n) is 13.1. The summed E-state index contributed by atoms with van der Waals surface area (Å²) in [7, 11) is 0. The summed E-state index contributed by atoms with van der Waals surface area (Å²) in [4.78, 5) is 40.6. The van der Waals surface area contributed by atoms with Crippen LogP contribution in [0.3, 0.4) is 0 Å². The average molecular weight is 574 g/mol. The molecule has 0 saturated carbocycles. The van der Waals surface area contributed by atoms with E-state index in [4.69, 9.17) is 25.8 Å². The molecule has 2 atom stereocenters. The molecule has 0 aromatic heterocycles. The highest BCUT2D eigenvalue weighted by atomic mass is 35.5. The van der Waals surface area contributed by atoms with Gasteiger partial charge in [0.05, 0.1) is 5.41 Å². The van der Waals surface area contributed by atoms with Crippen LogP contribution in [0.4, 0.5) is 14.0 Å². The molecule has 2 aromatic carbocycles. The minimum absolute atomic E-state index is 0.178. The van der Waals surface area contributed by atoms with Gasteiger partial charge in [0.15, 0.2) is 0 Å². The second kappa shape index (κ2) is 12.0. The van der Waals surface area contributed by atoms with Crippen molar-refractivity contribution in [1.82, 2.24) is 4.90 Å². The van der Waals surface area contributed by atoms with Crippen molar-refractivity contribution in [3.05, 3.63) is 71.5 Å². The van der Waals surface area contributed by atoms with Gasteiger partial charge in [0.2, 0.25) is 5.91 Å². The van der Waals surface area contributed by atoms with Crippen LogP contribution in [0.5, 0.6) is 0 Å². The molecule has 3 rings (SSSR count). The van der Waals surface area contributed by atoms with Gasteiger partial charge in [0.25, 0.3) is 0 Å². The Labute approximate surface area is 240 Å². The Kier molecular flexibility index (Phi) is 9.35.